The highest BCUT2D eigenvalue weighted by atomic mass is 32.1. The third-order valence-corrected chi connectivity index (χ3v) is 7.68. The normalized spacial score (nSPS) is 13.0. The molecule has 2 nitrogen and oxygen atoms in total. The molecular formula is C28H18N2S. The Kier molecular flexibility index (Phi) is 3.26. The Morgan fingerprint density at radius 1 is 0.806 bits per heavy atom. The molecule has 31 heavy (non-hydrogen) atoms. The van der Waals surface area contributed by atoms with Crippen molar-refractivity contribution < 1.29 is 0 Å². The van der Waals surface area contributed by atoms with Crippen molar-refractivity contribution in [3.05, 3.63) is 91.0 Å². The molecule has 0 aliphatic heterocycles. The second kappa shape index (κ2) is 5.93. The van der Waals surface area contributed by atoms with Crippen LogP contribution in [-0.4, -0.2) is 17.2 Å². The first kappa shape index (κ1) is 17.0. The molecule has 0 aliphatic carbocycles. The molecule has 0 saturated heterocycles. The van der Waals surface area contributed by atoms with Crippen LogP contribution in [0.4, 0.5) is 0 Å². The average molecular weight is 415 g/mol. The van der Waals surface area contributed by atoms with Crippen LogP contribution >= 0.6 is 11.3 Å². The van der Waals surface area contributed by atoms with Gasteiger partial charge >= 0.3 is 0 Å². The van der Waals surface area contributed by atoms with Crippen molar-refractivity contribution in [1.29, 1.82) is 0 Å². The van der Waals surface area contributed by atoms with Crippen LogP contribution in [0.2, 0.25) is 0 Å². The van der Waals surface area contributed by atoms with Gasteiger partial charge in [0, 0.05) is 54.3 Å². The molecule has 0 unspecified atom stereocenters. The third kappa shape index (κ3) is 2.04. The van der Waals surface area contributed by atoms with E-state index in [1.54, 1.807) is 0 Å². The van der Waals surface area contributed by atoms with E-state index < -0.39 is 0 Å². The van der Waals surface area contributed by atoms with Crippen molar-refractivity contribution >= 4 is 75.3 Å². The average Bonchev–Trinajstić information content (AvgIpc) is 3.45. The number of para-hydroxylation sites is 1. The number of allylic oxidation sites excluding steroid dienone is 1. The zero-order valence-corrected chi connectivity index (χ0v) is 17.8. The fourth-order valence-corrected chi connectivity index (χ4v) is 6.40. The predicted octanol–water partition coefficient (Wildman–Crippen LogP) is 7.81. The van der Waals surface area contributed by atoms with Gasteiger partial charge in [-0.25, -0.2) is 0 Å². The monoisotopic (exact) mass is 414 g/mol. The number of thiophene rings is 1. The van der Waals surface area contributed by atoms with E-state index in [1.165, 1.54) is 58.3 Å². The summed E-state index contributed by atoms with van der Waals surface area (Å²) in [4.78, 5) is 4.39. The van der Waals surface area contributed by atoms with Crippen LogP contribution in [0.5, 0.6) is 0 Å². The molecule has 0 bridgehead atoms. The summed E-state index contributed by atoms with van der Waals surface area (Å²) in [6.45, 7) is 3.92. The third-order valence-electron chi connectivity index (χ3n) is 6.55. The minimum absolute atomic E-state index is 0.919. The summed E-state index contributed by atoms with van der Waals surface area (Å²) in [6, 6.07) is 26.7. The van der Waals surface area contributed by atoms with Gasteiger partial charge in [0.25, 0.3) is 0 Å². The lowest BCUT2D eigenvalue weighted by Crippen LogP contribution is -1.95. The van der Waals surface area contributed by atoms with Crippen LogP contribution in [0, 0.1) is 0 Å². The van der Waals surface area contributed by atoms with Crippen molar-refractivity contribution in [2.45, 2.75) is 0 Å². The minimum atomic E-state index is 0.919. The van der Waals surface area contributed by atoms with Crippen LogP contribution in [0.25, 0.3) is 58.3 Å². The van der Waals surface area contributed by atoms with Crippen LogP contribution in [0.3, 0.4) is 0 Å². The van der Waals surface area contributed by atoms with E-state index in [1.807, 2.05) is 24.5 Å². The number of aromatic nitrogens is 1. The molecule has 146 valence electrons. The van der Waals surface area contributed by atoms with Crippen molar-refractivity contribution in [3.8, 4) is 0 Å². The fraction of sp³-hybridized carbons (Fsp3) is 0.0357. The molecule has 0 N–H and O–H groups in total. The van der Waals surface area contributed by atoms with E-state index in [2.05, 4.69) is 88.8 Å². The lowest BCUT2D eigenvalue weighted by Gasteiger charge is -2.03. The van der Waals surface area contributed by atoms with E-state index in [0.29, 0.717) is 0 Å². The number of aliphatic imine (C=N–C) groups is 1. The maximum Gasteiger partial charge on any atom is 0.0637 e. The van der Waals surface area contributed by atoms with Gasteiger partial charge in [-0.1, -0.05) is 49.0 Å². The second-order valence-corrected chi connectivity index (χ2v) is 9.10. The zero-order valence-electron chi connectivity index (χ0n) is 17.0. The maximum atomic E-state index is 4.39. The van der Waals surface area contributed by atoms with E-state index in [9.17, 15) is 0 Å². The molecule has 3 heterocycles. The smallest absolute Gasteiger partial charge is 0.0637 e. The van der Waals surface area contributed by atoms with Crippen molar-refractivity contribution in [2.24, 2.45) is 4.99 Å². The highest BCUT2D eigenvalue weighted by molar-refractivity contribution is 7.26. The number of hydrogen-bond donors (Lipinski definition) is 0. The lowest BCUT2D eigenvalue weighted by molar-refractivity contribution is 1.37. The molecule has 0 aliphatic rings. The highest BCUT2D eigenvalue weighted by Gasteiger charge is 2.20. The SMILES string of the molecule is C=CC(=NC)c1ccc2c(c1)c1cccc3c4c5c(ccc4n2c13)sc1ccccc15. The molecule has 0 atom stereocenters. The van der Waals surface area contributed by atoms with Gasteiger partial charge < -0.3 is 4.40 Å². The minimum Gasteiger partial charge on any atom is -0.308 e. The molecule has 3 heteroatoms. The Labute approximate surface area is 182 Å². The Hall–Kier alpha value is -3.69. The van der Waals surface area contributed by atoms with Crippen LogP contribution < -0.4 is 0 Å². The van der Waals surface area contributed by atoms with Crippen molar-refractivity contribution in [3.63, 3.8) is 0 Å². The zero-order chi connectivity index (χ0) is 20.7. The van der Waals surface area contributed by atoms with Gasteiger partial charge in [-0.3, -0.25) is 4.99 Å². The summed E-state index contributed by atoms with van der Waals surface area (Å²) in [6.07, 6.45) is 1.82. The van der Waals surface area contributed by atoms with Gasteiger partial charge in [0.05, 0.1) is 22.3 Å². The standard InChI is InChI=1S/C28H18N2S/c1-3-21(29-2)16-11-12-22-20(15-16)17-8-6-9-19-26-23(30(22)28(17)19)13-14-25-27(26)18-7-4-5-10-24(18)31-25/h3-15H,1H2,2H3. The van der Waals surface area contributed by atoms with E-state index in [-0.39, 0.29) is 0 Å². The highest BCUT2D eigenvalue weighted by Crippen LogP contribution is 2.45. The molecule has 0 spiro atoms. The molecular weight excluding hydrogens is 396 g/mol. The fourth-order valence-electron chi connectivity index (χ4n) is 5.28. The summed E-state index contributed by atoms with van der Waals surface area (Å²) in [5, 5.41) is 7.97. The Morgan fingerprint density at radius 2 is 1.61 bits per heavy atom. The number of nitrogens with zero attached hydrogens (tertiary/aromatic N) is 2. The van der Waals surface area contributed by atoms with E-state index in [0.717, 1.165) is 11.3 Å². The molecule has 0 radical (unpaired) electrons. The molecule has 0 fully saturated rings. The maximum absolute atomic E-state index is 4.39. The van der Waals surface area contributed by atoms with E-state index >= 15 is 0 Å². The number of benzene rings is 4. The molecule has 3 aromatic heterocycles. The first-order valence-corrected chi connectivity index (χ1v) is 11.2. The lowest BCUT2D eigenvalue weighted by atomic mass is 10.0. The van der Waals surface area contributed by atoms with Crippen LogP contribution in [-0.2, 0) is 0 Å². The van der Waals surface area contributed by atoms with Crippen LogP contribution in [0.15, 0.2) is 90.4 Å². The topological polar surface area (TPSA) is 16.8 Å². The van der Waals surface area contributed by atoms with Crippen molar-refractivity contribution in [1.82, 2.24) is 4.40 Å². The molecule has 7 rings (SSSR count). The Balaban J connectivity index is 1.73. The first-order chi connectivity index (χ1) is 15.3. The summed E-state index contributed by atoms with van der Waals surface area (Å²) in [5.74, 6) is 0. The van der Waals surface area contributed by atoms with Gasteiger partial charge in [-0.2, -0.15) is 0 Å². The van der Waals surface area contributed by atoms with Crippen molar-refractivity contribution in [2.75, 3.05) is 7.05 Å². The summed E-state index contributed by atoms with van der Waals surface area (Å²) < 4.78 is 5.14. The summed E-state index contributed by atoms with van der Waals surface area (Å²) in [7, 11) is 1.82. The molecule has 4 aromatic carbocycles. The van der Waals surface area contributed by atoms with Gasteiger partial charge in [-0.15, -0.1) is 11.3 Å². The number of fused-ring (bicyclic) bond motifs is 10. The van der Waals surface area contributed by atoms with Gasteiger partial charge in [0.2, 0.25) is 0 Å². The molecule has 7 aromatic rings. The molecule has 0 saturated carbocycles. The predicted molar refractivity (Wildman–Crippen MR) is 137 cm³/mol. The first-order valence-electron chi connectivity index (χ1n) is 10.4. The van der Waals surface area contributed by atoms with Crippen LogP contribution in [0.1, 0.15) is 5.56 Å². The molecule has 0 amide bonds. The summed E-state index contributed by atoms with van der Waals surface area (Å²) >= 11 is 1.88. The number of hydrogen-bond acceptors (Lipinski definition) is 2. The van der Waals surface area contributed by atoms with Gasteiger partial charge in [0.1, 0.15) is 0 Å². The summed E-state index contributed by atoms with van der Waals surface area (Å²) in [5.41, 5.74) is 5.85. The largest absolute Gasteiger partial charge is 0.308 e. The quantitative estimate of drug-likeness (QED) is 0.257. The second-order valence-electron chi connectivity index (χ2n) is 8.01. The Bertz CT molecular complexity index is 1860. The van der Waals surface area contributed by atoms with E-state index in [4.69, 9.17) is 0 Å². The number of rotatable bonds is 2. The van der Waals surface area contributed by atoms with Gasteiger partial charge in [0.15, 0.2) is 0 Å². The Morgan fingerprint density at radius 3 is 2.48 bits per heavy atom. The van der Waals surface area contributed by atoms with Gasteiger partial charge in [-0.05, 0) is 36.4 Å².